The van der Waals surface area contributed by atoms with E-state index in [0.29, 0.717) is 5.56 Å². The average molecular weight is 950 g/mol. The highest BCUT2D eigenvalue weighted by molar-refractivity contribution is 5.98. The monoisotopic (exact) mass is 950 g/mol. The molecule has 0 saturated carbocycles. The molecule has 20 N–H and O–H groups in total. The van der Waals surface area contributed by atoms with Crippen molar-refractivity contribution in [3.8, 4) is 0 Å². The van der Waals surface area contributed by atoms with Gasteiger partial charge in [-0.2, -0.15) is 0 Å². The molecular formula is C42H71N13O12. The van der Waals surface area contributed by atoms with Crippen molar-refractivity contribution in [2.24, 2.45) is 28.9 Å². The number of aliphatic hydroxyl groups is 3. The number of hydrogen-bond donors (Lipinski definition) is 16. The molecule has 1 aromatic carbocycles. The lowest BCUT2D eigenvalue weighted by molar-refractivity contribution is -0.136. The van der Waals surface area contributed by atoms with Crippen molar-refractivity contribution in [3.63, 3.8) is 0 Å². The molecule has 1 heterocycles. The summed E-state index contributed by atoms with van der Waals surface area (Å²) in [5.74, 6) is -8.61. The van der Waals surface area contributed by atoms with Gasteiger partial charge in [0, 0.05) is 13.0 Å². The molecule has 2 rings (SSSR count). The van der Waals surface area contributed by atoms with Crippen LogP contribution in [0.5, 0.6) is 0 Å². The standard InChI is InChI=1S/C42H71N13O12/c1-21(2)18-29-38(63)50-25(10-14-43)34(59)49-27(12-16-45)37(62)55-33(23(4)58)42(67)47-17-13-28(51-40(65)31(20-56)54-41(66)32(46)22(3)57)36(61)48-26(11-15-44)35(60)53-30(39(64)52-29)19-24-8-6-5-7-9-24/h5-9,21-23,25-33,56-58H,10-20,43-46H2,1-4H3,(H,47,67)(H,48,61)(H,49,59)(H,50,63)(H,51,65)(H,52,64)(H,53,60)(H,54,66)(H,55,62)/t22-,23-,25+,26+,27+,28+,29+,30?,31-,32+,33+/m1/s1. The number of hydrogen-bond acceptors (Lipinski definition) is 16. The number of benzene rings is 1. The van der Waals surface area contributed by atoms with Gasteiger partial charge in [0.1, 0.15) is 54.4 Å². The van der Waals surface area contributed by atoms with Crippen LogP contribution in [0.2, 0.25) is 0 Å². The summed E-state index contributed by atoms with van der Waals surface area (Å²) in [7, 11) is 0. The van der Waals surface area contributed by atoms with E-state index in [2.05, 4.69) is 47.9 Å². The van der Waals surface area contributed by atoms with Gasteiger partial charge < -0.3 is 86.1 Å². The zero-order chi connectivity index (χ0) is 50.4. The van der Waals surface area contributed by atoms with Crippen molar-refractivity contribution in [1.82, 2.24) is 47.9 Å². The first kappa shape index (κ1) is 57.3. The SMILES string of the molecule is CC(C)C[C@@H]1NC(=O)C(Cc2ccccc2)NC(=O)[C@H](CCN)NC(=O)[C@@H](NC(=O)[C@@H](CO)NC(=O)[C@@H](N)[C@@H](C)O)CCNC(=O)[C@H]([C@@H](C)O)NC(=O)[C@H](CCN)NC(=O)[C@H](CCN)NC1=O. The largest absolute Gasteiger partial charge is 0.394 e. The summed E-state index contributed by atoms with van der Waals surface area (Å²) >= 11 is 0. The van der Waals surface area contributed by atoms with Crippen LogP contribution in [-0.4, -0.2) is 168 Å². The number of nitrogens with two attached hydrogens (primary N) is 4. The fraction of sp³-hybridized carbons (Fsp3) is 0.643. The van der Waals surface area contributed by atoms with E-state index < -0.39 is 139 Å². The summed E-state index contributed by atoms with van der Waals surface area (Å²) in [5.41, 5.74) is 23.7. The molecule has 1 aliphatic rings. The van der Waals surface area contributed by atoms with Crippen LogP contribution in [0.4, 0.5) is 0 Å². The minimum Gasteiger partial charge on any atom is -0.394 e. The average Bonchev–Trinajstić information content (AvgIpc) is 3.27. The third-order valence-electron chi connectivity index (χ3n) is 10.6. The summed E-state index contributed by atoms with van der Waals surface area (Å²) in [5, 5.41) is 52.7. The highest BCUT2D eigenvalue weighted by Crippen LogP contribution is 2.11. The van der Waals surface area contributed by atoms with Gasteiger partial charge in [0.25, 0.3) is 0 Å². The van der Waals surface area contributed by atoms with E-state index in [1.807, 2.05) is 0 Å². The molecule has 0 radical (unpaired) electrons. The minimum absolute atomic E-state index is 0.0642. The normalized spacial score (nSPS) is 25.1. The van der Waals surface area contributed by atoms with E-state index in [0.717, 1.165) is 0 Å². The molecular weight excluding hydrogens is 879 g/mol. The summed E-state index contributed by atoms with van der Waals surface area (Å²) < 4.78 is 0. The van der Waals surface area contributed by atoms with Gasteiger partial charge in [-0.25, -0.2) is 0 Å². The minimum atomic E-state index is -1.71. The topological polar surface area (TPSA) is 427 Å². The van der Waals surface area contributed by atoms with E-state index in [9.17, 15) is 58.5 Å². The predicted octanol–water partition coefficient (Wildman–Crippen LogP) is -7.20. The summed E-state index contributed by atoms with van der Waals surface area (Å²) in [4.78, 5) is 123. The zero-order valence-corrected chi connectivity index (χ0v) is 38.4. The maximum atomic E-state index is 14.2. The van der Waals surface area contributed by atoms with Gasteiger partial charge in [-0.1, -0.05) is 44.2 Å². The Kier molecular flexibility index (Phi) is 24.8. The fourth-order valence-corrected chi connectivity index (χ4v) is 6.76. The number of carbonyl (C=O) groups excluding carboxylic acids is 9. The molecule has 1 fully saturated rings. The van der Waals surface area contributed by atoms with Gasteiger partial charge in [-0.05, 0) is 77.1 Å². The number of aliphatic hydroxyl groups excluding tert-OH is 3. The van der Waals surface area contributed by atoms with Crippen molar-refractivity contribution in [3.05, 3.63) is 35.9 Å². The van der Waals surface area contributed by atoms with Crippen LogP contribution in [0, 0.1) is 5.92 Å². The summed E-state index contributed by atoms with van der Waals surface area (Å²) in [6, 6.07) is -4.76. The predicted molar refractivity (Wildman–Crippen MR) is 242 cm³/mol. The Balaban J connectivity index is 2.72. The van der Waals surface area contributed by atoms with Crippen LogP contribution in [0.3, 0.4) is 0 Å². The Hall–Kier alpha value is -5.83. The first-order chi connectivity index (χ1) is 31.7. The Morgan fingerprint density at radius 1 is 0.657 bits per heavy atom. The van der Waals surface area contributed by atoms with E-state index in [-0.39, 0.29) is 57.7 Å². The van der Waals surface area contributed by atoms with Crippen molar-refractivity contribution < 1.29 is 58.5 Å². The van der Waals surface area contributed by atoms with Crippen molar-refractivity contribution in [2.45, 2.75) is 133 Å². The van der Waals surface area contributed by atoms with Crippen molar-refractivity contribution >= 4 is 53.2 Å². The molecule has 0 spiro atoms. The van der Waals surface area contributed by atoms with E-state index in [1.54, 1.807) is 44.2 Å². The molecule has 0 aromatic heterocycles. The number of carbonyl (C=O) groups is 9. The Morgan fingerprint density at radius 2 is 1.12 bits per heavy atom. The summed E-state index contributed by atoms with van der Waals surface area (Å²) in [6.45, 7) is 4.18. The third-order valence-corrected chi connectivity index (χ3v) is 10.6. The Labute approximate surface area is 389 Å². The molecule has 1 aliphatic heterocycles. The van der Waals surface area contributed by atoms with Crippen LogP contribution in [0.25, 0.3) is 0 Å². The lowest BCUT2D eigenvalue weighted by Gasteiger charge is -2.28. The molecule has 1 aromatic rings. The van der Waals surface area contributed by atoms with E-state index in [1.165, 1.54) is 13.8 Å². The van der Waals surface area contributed by atoms with Gasteiger partial charge in [0.05, 0.1) is 18.8 Å². The second-order valence-electron chi connectivity index (χ2n) is 16.7. The van der Waals surface area contributed by atoms with Crippen LogP contribution in [-0.2, 0) is 49.6 Å². The Bertz CT molecular complexity index is 1820. The molecule has 9 amide bonds. The molecule has 67 heavy (non-hydrogen) atoms. The molecule has 1 saturated heterocycles. The highest BCUT2D eigenvalue weighted by Gasteiger charge is 2.36. The summed E-state index contributed by atoms with van der Waals surface area (Å²) in [6.07, 6.45) is -3.82. The number of rotatable bonds is 17. The van der Waals surface area contributed by atoms with Gasteiger partial charge in [0.15, 0.2) is 0 Å². The molecule has 1 unspecified atom stereocenters. The molecule has 0 aliphatic carbocycles. The van der Waals surface area contributed by atoms with Crippen molar-refractivity contribution in [2.75, 3.05) is 32.8 Å². The zero-order valence-electron chi connectivity index (χ0n) is 38.4. The first-order valence-electron chi connectivity index (χ1n) is 22.2. The second-order valence-corrected chi connectivity index (χ2v) is 16.7. The maximum absolute atomic E-state index is 14.2. The molecule has 376 valence electrons. The first-order valence-corrected chi connectivity index (χ1v) is 22.2. The maximum Gasteiger partial charge on any atom is 0.245 e. The molecule has 11 atom stereocenters. The molecule has 25 nitrogen and oxygen atoms in total. The van der Waals surface area contributed by atoms with Crippen LogP contribution in [0.15, 0.2) is 30.3 Å². The van der Waals surface area contributed by atoms with Crippen LogP contribution < -0.4 is 70.8 Å². The van der Waals surface area contributed by atoms with Crippen LogP contribution >= 0.6 is 0 Å². The molecule has 25 heteroatoms. The third kappa shape index (κ3) is 19.1. The van der Waals surface area contributed by atoms with Gasteiger partial charge >= 0.3 is 0 Å². The number of nitrogens with one attached hydrogen (secondary N) is 9. The number of amides is 9. The Morgan fingerprint density at radius 3 is 1.60 bits per heavy atom. The lowest BCUT2D eigenvalue weighted by Crippen LogP contribution is -2.61. The molecule has 0 bridgehead atoms. The van der Waals surface area contributed by atoms with E-state index in [4.69, 9.17) is 22.9 Å². The smallest absolute Gasteiger partial charge is 0.245 e. The lowest BCUT2D eigenvalue weighted by atomic mass is 10.00. The second kappa shape index (κ2) is 29.0. The van der Waals surface area contributed by atoms with E-state index >= 15 is 0 Å². The highest BCUT2D eigenvalue weighted by atomic mass is 16.3. The van der Waals surface area contributed by atoms with Gasteiger partial charge in [-0.15, -0.1) is 0 Å². The fourth-order valence-electron chi connectivity index (χ4n) is 6.76. The van der Waals surface area contributed by atoms with Gasteiger partial charge in [0.2, 0.25) is 53.2 Å². The van der Waals surface area contributed by atoms with Crippen LogP contribution in [0.1, 0.15) is 65.4 Å². The quantitative estimate of drug-likeness (QED) is 0.0690. The van der Waals surface area contributed by atoms with Gasteiger partial charge in [-0.3, -0.25) is 43.2 Å². The van der Waals surface area contributed by atoms with Crippen molar-refractivity contribution in [1.29, 1.82) is 0 Å².